The molecule has 0 atom stereocenters. The summed E-state index contributed by atoms with van der Waals surface area (Å²) >= 11 is 0. The summed E-state index contributed by atoms with van der Waals surface area (Å²) in [4.78, 5) is 31.4. The number of hydrazone groups is 1. The highest BCUT2D eigenvalue weighted by atomic mass is 16.2. The molecule has 208 valence electrons. The van der Waals surface area contributed by atoms with E-state index >= 15 is 0 Å². The largest absolute Gasteiger partial charge is 0.387 e. The van der Waals surface area contributed by atoms with Crippen LogP contribution in [-0.4, -0.2) is 73.1 Å². The number of carbonyl (C=O) groups is 2. The molecule has 0 saturated heterocycles. The van der Waals surface area contributed by atoms with Crippen LogP contribution in [0.4, 0.5) is 5.69 Å². The van der Waals surface area contributed by atoms with Gasteiger partial charge in [-0.1, -0.05) is 38.1 Å². The number of aldehydes is 1. The Morgan fingerprint density at radius 3 is 2.46 bits per heavy atom. The second kappa shape index (κ2) is 14.3. The first-order valence-corrected chi connectivity index (χ1v) is 13.1. The van der Waals surface area contributed by atoms with E-state index in [1.807, 2.05) is 41.3 Å². The molecule has 0 fully saturated rings. The van der Waals surface area contributed by atoms with Crippen LogP contribution in [0.2, 0.25) is 0 Å². The zero-order chi connectivity index (χ0) is 28.4. The van der Waals surface area contributed by atoms with Gasteiger partial charge < -0.3 is 10.6 Å². The number of amides is 1. The summed E-state index contributed by atoms with van der Waals surface area (Å²) in [6.07, 6.45) is 6.42. The molecule has 0 aliphatic carbocycles. The predicted octanol–water partition coefficient (Wildman–Crippen LogP) is 2.63. The van der Waals surface area contributed by atoms with Crippen LogP contribution >= 0.6 is 0 Å². The number of nitrogens with zero attached hydrogens (tertiary/aromatic N) is 5. The Hall–Kier alpha value is -3.90. The van der Waals surface area contributed by atoms with Gasteiger partial charge in [0.1, 0.15) is 12.5 Å². The maximum absolute atomic E-state index is 13.3. The second-order valence-corrected chi connectivity index (χ2v) is 9.35. The number of aliphatic imine (C=N–C) groups is 1. The van der Waals surface area contributed by atoms with Crippen molar-refractivity contribution in [1.82, 2.24) is 26.0 Å². The molecule has 1 aliphatic rings. The monoisotopic (exact) mass is 533 g/mol. The molecule has 0 unspecified atom stereocenters. The smallest absolute Gasteiger partial charge is 0.250 e. The van der Waals surface area contributed by atoms with Crippen molar-refractivity contribution in [2.45, 2.75) is 33.1 Å². The van der Waals surface area contributed by atoms with Gasteiger partial charge in [0.2, 0.25) is 5.91 Å². The van der Waals surface area contributed by atoms with Crippen molar-refractivity contribution >= 4 is 36.0 Å². The van der Waals surface area contributed by atoms with Crippen molar-refractivity contribution in [3.8, 4) is 11.1 Å². The van der Waals surface area contributed by atoms with E-state index in [4.69, 9.17) is 11.6 Å². The Bertz CT molecular complexity index is 1250. The van der Waals surface area contributed by atoms with Crippen LogP contribution in [0.5, 0.6) is 0 Å². The number of amidine groups is 1. The van der Waals surface area contributed by atoms with Crippen LogP contribution in [0.1, 0.15) is 54.6 Å². The van der Waals surface area contributed by atoms with Gasteiger partial charge in [-0.2, -0.15) is 10.6 Å². The number of hydrogen-bond acceptors (Lipinski definition) is 10. The first-order chi connectivity index (χ1) is 18.8. The summed E-state index contributed by atoms with van der Waals surface area (Å²) in [5.74, 6) is 6.20. The molecule has 0 radical (unpaired) electrons. The van der Waals surface area contributed by atoms with Crippen molar-refractivity contribution in [1.29, 1.82) is 0 Å². The van der Waals surface area contributed by atoms with Crippen LogP contribution in [0.25, 0.3) is 17.2 Å². The number of hydrazine groups is 3. The van der Waals surface area contributed by atoms with E-state index < -0.39 is 0 Å². The molecule has 6 N–H and O–H groups in total. The van der Waals surface area contributed by atoms with E-state index in [9.17, 15) is 9.59 Å². The molecule has 1 heterocycles. The number of carbonyl (C=O) groups excluding carboxylic acids is 2. The van der Waals surface area contributed by atoms with E-state index in [1.165, 1.54) is 5.12 Å². The third-order valence-corrected chi connectivity index (χ3v) is 6.10. The SMILES string of the molecule is CCCN(CCC)C(=O)C1=Cc2ccc(-c3ccc(C=O)c(/C=N\N(C)CN(N)NNC)c3)cc2N=C(N)C1. The molecule has 2 aromatic carbocycles. The van der Waals surface area contributed by atoms with Crippen molar-refractivity contribution in [3.05, 3.63) is 58.7 Å². The average Bonchev–Trinajstić information content (AvgIpc) is 3.08. The number of nitrogens with one attached hydrogen (secondary N) is 2. The standard InChI is InChI=1S/C28H39N9O2/c1-5-11-36(12-6-2)28(39)24-14-22-9-7-21(15-26(22)33-27(29)16-24)20-8-10-23(18-38)25(13-20)17-32-35(4)19-37(30)34-31-3/h7-10,13-15,17-18,31,34H,5-6,11-12,16,19,30H2,1-4H3,(H2,29,33)/b32-17-. The summed E-state index contributed by atoms with van der Waals surface area (Å²) < 4.78 is 0. The second-order valence-electron chi connectivity index (χ2n) is 9.35. The summed E-state index contributed by atoms with van der Waals surface area (Å²) in [6, 6.07) is 11.4. The van der Waals surface area contributed by atoms with Gasteiger partial charge in [0.05, 0.1) is 11.9 Å². The number of benzene rings is 2. The maximum Gasteiger partial charge on any atom is 0.250 e. The fourth-order valence-corrected chi connectivity index (χ4v) is 4.34. The third kappa shape index (κ3) is 8.04. The highest BCUT2D eigenvalue weighted by Gasteiger charge is 2.21. The summed E-state index contributed by atoms with van der Waals surface area (Å²) in [5.41, 5.74) is 16.9. The molecule has 1 amide bonds. The Balaban J connectivity index is 1.91. The summed E-state index contributed by atoms with van der Waals surface area (Å²) in [7, 11) is 3.47. The highest BCUT2D eigenvalue weighted by molar-refractivity contribution is 6.05. The average molecular weight is 534 g/mol. The molecule has 39 heavy (non-hydrogen) atoms. The van der Waals surface area contributed by atoms with Gasteiger partial charge in [0, 0.05) is 48.8 Å². The van der Waals surface area contributed by atoms with Crippen molar-refractivity contribution in [3.63, 3.8) is 0 Å². The number of fused-ring (bicyclic) bond motifs is 1. The molecule has 0 aromatic heterocycles. The van der Waals surface area contributed by atoms with Gasteiger partial charge in [0.25, 0.3) is 0 Å². The van der Waals surface area contributed by atoms with Crippen molar-refractivity contribution < 1.29 is 9.59 Å². The van der Waals surface area contributed by atoms with Crippen LogP contribution in [-0.2, 0) is 4.79 Å². The third-order valence-electron chi connectivity index (χ3n) is 6.10. The van der Waals surface area contributed by atoms with Gasteiger partial charge in [0.15, 0.2) is 6.29 Å². The van der Waals surface area contributed by atoms with Crippen molar-refractivity contribution in [2.75, 3.05) is 33.9 Å². The summed E-state index contributed by atoms with van der Waals surface area (Å²) in [6.45, 7) is 5.85. The Kier molecular flexibility index (Phi) is 10.9. The topological polar surface area (TPSA) is 145 Å². The molecule has 0 spiro atoms. The lowest BCUT2D eigenvalue weighted by atomic mass is 9.97. The van der Waals surface area contributed by atoms with Crippen LogP contribution < -0.4 is 22.5 Å². The minimum absolute atomic E-state index is 0.00613. The lowest BCUT2D eigenvalue weighted by Gasteiger charge is -2.22. The molecule has 3 rings (SSSR count). The Labute approximate surface area is 230 Å². The van der Waals surface area contributed by atoms with Crippen LogP contribution in [0.3, 0.4) is 0 Å². The normalized spacial score (nSPS) is 13.1. The first kappa shape index (κ1) is 29.7. The molecule has 11 heteroatoms. The quantitative estimate of drug-likeness (QED) is 0.101. The lowest BCUT2D eigenvalue weighted by Crippen LogP contribution is -2.52. The molecule has 0 saturated carbocycles. The molecule has 1 aliphatic heterocycles. The predicted molar refractivity (Wildman–Crippen MR) is 157 cm³/mol. The van der Waals surface area contributed by atoms with Gasteiger partial charge in [-0.15, -0.1) is 5.12 Å². The first-order valence-electron chi connectivity index (χ1n) is 13.1. The van der Waals surface area contributed by atoms with Crippen LogP contribution in [0.15, 0.2) is 52.1 Å². The van der Waals surface area contributed by atoms with E-state index in [2.05, 4.69) is 34.9 Å². The fourth-order valence-electron chi connectivity index (χ4n) is 4.34. The molecule has 0 bridgehead atoms. The maximum atomic E-state index is 13.3. The zero-order valence-corrected chi connectivity index (χ0v) is 23.1. The Morgan fingerprint density at radius 2 is 1.79 bits per heavy atom. The number of rotatable bonds is 13. The molecular weight excluding hydrogens is 494 g/mol. The lowest BCUT2D eigenvalue weighted by molar-refractivity contribution is -0.127. The Morgan fingerprint density at radius 1 is 1.10 bits per heavy atom. The van der Waals surface area contributed by atoms with Gasteiger partial charge in [-0.05, 0) is 49.2 Å². The van der Waals surface area contributed by atoms with E-state index in [0.29, 0.717) is 54.4 Å². The van der Waals surface area contributed by atoms with E-state index in [1.54, 1.807) is 31.4 Å². The van der Waals surface area contributed by atoms with E-state index in [0.717, 1.165) is 35.8 Å². The summed E-state index contributed by atoms with van der Waals surface area (Å²) in [5, 5.41) is 7.35. The zero-order valence-electron chi connectivity index (χ0n) is 23.1. The molecular formula is C28H39N9O2. The minimum atomic E-state index is 0.00613. The van der Waals surface area contributed by atoms with Crippen molar-refractivity contribution in [2.24, 2.45) is 21.7 Å². The molecule has 2 aromatic rings. The van der Waals surface area contributed by atoms with Gasteiger partial charge >= 0.3 is 0 Å². The van der Waals surface area contributed by atoms with E-state index in [-0.39, 0.29) is 5.91 Å². The number of nitrogens with two attached hydrogens (primary N) is 2. The van der Waals surface area contributed by atoms with Gasteiger partial charge in [-0.25, -0.2) is 10.4 Å². The minimum Gasteiger partial charge on any atom is -0.387 e. The van der Waals surface area contributed by atoms with Crippen LogP contribution in [0, 0.1) is 0 Å². The fraction of sp³-hybridized carbons (Fsp3) is 0.357. The number of hydrogen-bond donors (Lipinski definition) is 4. The highest BCUT2D eigenvalue weighted by Crippen LogP contribution is 2.32. The van der Waals surface area contributed by atoms with Gasteiger partial charge in [-0.3, -0.25) is 20.4 Å². The molecule has 11 nitrogen and oxygen atoms in total.